The number of likely N-dealkylation sites (N-methyl/N-ethyl adjacent to an activating group) is 1. The van der Waals surface area contributed by atoms with Gasteiger partial charge in [-0.3, -0.25) is 4.79 Å². The van der Waals surface area contributed by atoms with Crippen molar-refractivity contribution in [1.29, 1.82) is 0 Å². The van der Waals surface area contributed by atoms with Crippen LogP contribution in [0.2, 0.25) is 0 Å². The van der Waals surface area contributed by atoms with Crippen LogP contribution >= 0.6 is 11.3 Å². The van der Waals surface area contributed by atoms with Gasteiger partial charge in [-0.15, -0.1) is 11.3 Å². The zero-order chi connectivity index (χ0) is 14.0. The fourth-order valence-electron chi connectivity index (χ4n) is 1.75. The molecule has 0 aliphatic carbocycles. The Morgan fingerprint density at radius 1 is 1.53 bits per heavy atom. The number of nitrogens with two attached hydrogens (primary N) is 1. The van der Waals surface area contributed by atoms with Crippen LogP contribution in [0.4, 0.5) is 5.13 Å². The number of hydrogen-bond acceptors (Lipinski definition) is 6. The molecule has 0 saturated heterocycles. The molecule has 19 heavy (non-hydrogen) atoms. The summed E-state index contributed by atoms with van der Waals surface area (Å²) in [6.45, 7) is 4.19. The van der Waals surface area contributed by atoms with Gasteiger partial charge in [0.2, 0.25) is 5.91 Å². The number of nitrogens with zero attached hydrogens (tertiary/aromatic N) is 3. The van der Waals surface area contributed by atoms with Gasteiger partial charge in [0, 0.05) is 18.0 Å². The number of nitrogen functional groups attached to an aromatic ring is 1. The summed E-state index contributed by atoms with van der Waals surface area (Å²) in [6.07, 6.45) is 0.258. The van der Waals surface area contributed by atoms with Gasteiger partial charge in [0.05, 0.1) is 24.4 Å². The molecule has 7 heteroatoms. The molecule has 2 aromatic heterocycles. The van der Waals surface area contributed by atoms with Crippen LogP contribution in [-0.4, -0.2) is 28.0 Å². The van der Waals surface area contributed by atoms with Crippen molar-refractivity contribution >= 4 is 22.4 Å². The lowest BCUT2D eigenvalue weighted by molar-refractivity contribution is -0.129. The Bertz CT molecular complexity index is 571. The molecule has 0 fully saturated rings. The number of hydrogen-bond donors (Lipinski definition) is 1. The van der Waals surface area contributed by atoms with Crippen LogP contribution in [0.1, 0.15) is 22.7 Å². The second kappa shape index (κ2) is 5.40. The first-order chi connectivity index (χ1) is 8.97. The first-order valence-electron chi connectivity index (χ1n) is 5.83. The third-order valence-corrected chi connectivity index (χ3v) is 3.63. The molecule has 2 heterocycles. The zero-order valence-electron chi connectivity index (χ0n) is 11.1. The lowest BCUT2D eigenvalue weighted by Gasteiger charge is -2.16. The number of carbonyl (C=O) groups excluding carboxylic acids is 1. The molecule has 0 atom stereocenters. The van der Waals surface area contributed by atoms with Crippen molar-refractivity contribution in [2.45, 2.75) is 26.8 Å². The number of rotatable bonds is 4. The van der Waals surface area contributed by atoms with E-state index in [1.54, 1.807) is 17.3 Å². The minimum absolute atomic E-state index is 0.00898. The Morgan fingerprint density at radius 2 is 2.26 bits per heavy atom. The molecule has 0 spiro atoms. The van der Waals surface area contributed by atoms with Gasteiger partial charge in [-0.05, 0) is 13.8 Å². The molecule has 102 valence electrons. The molecule has 2 rings (SSSR count). The normalized spacial score (nSPS) is 10.7. The molecule has 0 aliphatic heterocycles. The predicted molar refractivity (Wildman–Crippen MR) is 72.7 cm³/mol. The van der Waals surface area contributed by atoms with E-state index in [9.17, 15) is 4.79 Å². The van der Waals surface area contributed by atoms with Crippen molar-refractivity contribution in [3.63, 3.8) is 0 Å². The van der Waals surface area contributed by atoms with Crippen molar-refractivity contribution in [2.75, 3.05) is 12.8 Å². The molecule has 2 aromatic rings. The van der Waals surface area contributed by atoms with Gasteiger partial charge in [0.25, 0.3) is 0 Å². The Morgan fingerprint density at radius 3 is 2.79 bits per heavy atom. The number of anilines is 1. The van der Waals surface area contributed by atoms with Gasteiger partial charge in [0.15, 0.2) is 5.13 Å². The van der Waals surface area contributed by atoms with Crippen LogP contribution in [0, 0.1) is 13.8 Å². The van der Waals surface area contributed by atoms with Crippen molar-refractivity contribution in [3.05, 3.63) is 28.1 Å². The Hall–Kier alpha value is -1.89. The highest BCUT2D eigenvalue weighted by Gasteiger charge is 2.16. The van der Waals surface area contributed by atoms with Gasteiger partial charge >= 0.3 is 0 Å². The first-order valence-corrected chi connectivity index (χ1v) is 6.71. The monoisotopic (exact) mass is 280 g/mol. The van der Waals surface area contributed by atoms with E-state index >= 15 is 0 Å². The van der Waals surface area contributed by atoms with Crippen LogP contribution in [0.15, 0.2) is 9.90 Å². The third-order valence-electron chi connectivity index (χ3n) is 2.90. The summed E-state index contributed by atoms with van der Waals surface area (Å²) in [4.78, 5) is 17.8. The molecule has 0 bridgehead atoms. The molecule has 0 aromatic carbocycles. The van der Waals surface area contributed by atoms with Gasteiger partial charge in [-0.25, -0.2) is 4.98 Å². The third kappa shape index (κ3) is 3.11. The van der Waals surface area contributed by atoms with E-state index in [-0.39, 0.29) is 12.3 Å². The number of aryl methyl sites for hydroxylation is 2. The van der Waals surface area contributed by atoms with Crippen LogP contribution in [-0.2, 0) is 17.8 Å². The quantitative estimate of drug-likeness (QED) is 0.918. The molecule has 0 aliphatic rings. The van der Waals surface area contributed by atoms with E-state index in [0.717, 1.165) is 17.0 Å². The topological polar surface area (TPSA) is 85.2 Å². The minimum Gasteiger partial charge on any atom is -0.375 e. The van der Waals surface area contributed by atoms with Gasteiger partial charge < -0.3 is 15.2 Å². The summed E-state index contributed by atoms with van der Waals surface area (Å²) in [5.41, 5.74) is 8.02. The van der Waals surface area contributed by atoms with Gasteiger partial charge in [-0.1, -0.05) is 5.16 Å². The fraction of sp³-hybridized carbons (Fsp3) is 0.417. The lowest BCUT2D eigenvalue weighted by atomic mass is 10.2. The van der Waals surface area contributed by atoms with Crippen LogP contribution in [0.25, 0.3) is 0 Å². The van der Waals surface area contributed by atoms with E-state index in [0.29, 0.717) is 17.4 Å². The average Bonchev–Trinajstić information content (AvgIpc) is 2.89. The van der Waals surface area contributed by atoms with Gasteiger partial charge in [-0.2, -0.15) is 0 Å². The number of carbonyl (C=O) groups is 1. The van der Waals surface area contributed by atoms with Crippen LogP contribution < -0.4 is 5.73 Å². The second-order valence-corrected chi connectivity index (χ2v) is 5.30. The number of amides is 1. The summed E-state index contributed by atoms with van der Waals surface area (Å²) < 4.78 is 5.08. The van der Waals surface area contributed by atoms with E-state index in [1.807, 2.05) is 13.8 Å². The van der Waals surface area contributed by atoms with Crippen molar-refractivity contribution in [2.24, 2.45) is 0 Å². The van der Waals surface area contributed by atoms with E-state index < -0.39 is 0 Å². The molecular formula is C12H16N4O2S. The summed E-state index contributed by atoms with van der Waals surface area (Å²) in [7, 11) is 1.75. The Kier molecular flexibility index (Phi) is 3.84. The largest absolute Gasteiger partial charge is 0.375 e. The average molecular weight is 280 g/mol. The van der Waals surface area contributed by atoms with Crippen molar-refractivity contribution in [1.82, 2.24) is 15.0 Å². The maximum atomic E-state index is 12.1. The van der Waals surface area contributed by atoms with Gasteiger partial charge in [0.1, 0.15) is 5.76 Å². The minimum atomic E-state index is -0.00898. The predicted octanol–water partition coefficient (Wildman–Crippen LogP) is 1.53. The molecular weight excluding hydrogens is 264 g/mol. The molecule has 0 saturated carbocycles. The lowest BCUT2D eigenvalue weighted by Crippen LogP contribution is -2.28. The molecule has 0 radical (unpaired) electrons. The van der Waals surface area contributed by atoms with E-state index in [1.165, 1.54) is 11.3 Å². The zero-order valence-corrected chi connectivity index (χ0v) is 12.0. The summed E-state index contributed by atoms with van der Waals surface area (Å²) in [5.74, 6) is 0.736. The molecule has 6 nitrogen and oxygen atoms in total. The standard InChI is InChI=1S/C12H16N4O2S/c1-7-10(8(2)18-15-7)5-16(3)11(17)4-9-6-19-12(13)14-9/h6H,4-5H2,1-3H3,(H2,13,14). The smallest absolute Gasteiger partial charge is 0.228 e. The summed E-state index contributed by atoms with van der Waals surface area (Å²) in [6, 6.07) is 0. The Labute approximate surface area is 115 Å². The molecule has 1 amide bonds. The van der Waals surface area contributed by atoms with E-state index in [4.69, 9.17) is 10.3 Å². The van der Waals surface area contributed by atoms with Crippen molar-refractivity contribution < 1.29 is 9.32 Å². The van der Waals surface area contributed by atoms with Crippen LogP contribution in [0.5, 0.6) is 0 Å². The first kappa shape index (κ1) is 13.5. The second-order valence-electron chi connectivity index (χ2n) is 4.41. The van der Waals surface area contributed by atoms with Crippen LogP contribution in [0.3, 0.4) is 0 Å². The molecule has 2 N–H and O–H groups in total. The molecule has 0 unspecified atom stereocenters. The summed E-state index contributed by atoms with van der Waals surface area (Å²) >= 11 is 1.34. The Balaban J connectivity index is 2.00. The van der Waals surface area contributed by atoms with Crippen molar-refractivity contribution in [3.8, 4) is 0 Å². The maximum Gasteiger partial charge on any atom is 0.228 e. The highest BCUT2D eigenvalue weighted by Crippen LogP contribution is 2.16. The maximum absolute atomic E-state index is 12.1. The SMILES string of the molecule is Cc1noc(C)c1CN(C)C(=O)Cc1csc(N)n1. The fourth-order valence-corrected chi connectivity index (χ4v) is 2.31. The summed E-state index contributed by atoms with van der Waals surface area (Å²) in [5, 5.41) is 6.16. The highest BCUT2D eigenvalue weighted by molar-refractivity contribution is 7.13. The number of thiazole rings is 1. The number of aromatic nitrogens is 2. The van der Waals surface area contributed by atoms with E-state index in [2.05, 4.69) is 10.1 Å². The highest BCUT2D eigenvalue weighted by atomic mass is 32.1.